The molecular formula is C34H38F3N3O3S. The summed E-state index contributed by atoms with van der Waals surface area (Å²) >= 11 is 1.68. The van der Waals surface area contributed by atoms with E-state index in [-0.39, 0.29) is 12.5 Å². The van der Waals surface area contributed by atoms with Crippen molar-refractivity contribution < 1.29 is 27.9 Å². The van der Waals surface area contributed by atoms with Crippen LogP contribution in [0.1, 0.15) is 69.5 Å². The first kappa shape index (κ1) is 32.1. The molecule has 1 saturated carbocycles. The molecule has 2 atom stereocenters. The number of hydrogen-bond donors (Lipinski definition) is 3. The Kier molecular flexibility index (Phi) is 10.3. The van der Waals surface area contributed by atoms with Gasteiger partial charge in [0.25, 0.3) is 11.8 Å². The Bertz CT molecular complexity index is 1420. The molecule has 0 unspecified atom stereocenters. The molecular weight excluding hydrogens is 587 g/mol. The molecule has 3 aromatic rings. The Balaban J connectivity index is 1.34. The van der Waals surface area contributed by atoms with Gasteiger partial charge in [-0.25, -0.2) is 0 Å². The maximum atomic E-state index is 13.6. The first-order valence-corrected chi connectivity index (χ1v) is 16.2. The first-order chi connectivity index (χ1) is 21.1. The molecule has 6 nitrogen and oxygen atoms in total. The van der Waals surface area contributed by atoms with Crippen LogP contribution in [-0.2, 0) is 18.1 Å². The fourth-order valence-electron chi connectivity index (χ4n) is 6.11. The molecule has 2 aliphatic rings. The number of thioether (sulfide) groups is 1. The molecule has 2 fully saturated rings. The second kappa shape index (κ2) is 14.2. The minimum atomic E-state index is -4.45. The number of nitrogens with zero attached hydrogens (tertiary/aromatic N) is 1. The molecule has 1 aliphatic heterocycles. The van der Waals surface area contributed by atoms with E-state index in [4.69, 9.17) is 0 Å². The highest BCUT2D eigenvalue weighted by atomic mass is 32.2. The number of benzene rings is 3. The van der Waals surface area contributed by atoms with Crippen molar-refractivity contribution in [2.75, 3.05) is 24.7 Å². The molecule has 3 aromatic carbocycles. The van der Waals surface area contributed by atoms with Crippen LogP contribution < -0.4 is 10.6 Å². The fraction of sp³-hybridized carbons (Fsp3) is 0.412. The highest BCUT2D eigenvalue weighted by Gasteiger charge is 2.38. The van der Waals surface area contributed by atoms with Crippen LogP contribution in [0.5, 0.6) is 0 Å². The third-order valence-electron chi connectivity index (χ3n) is 8.59. The number of aliphatic hydroxyl groups is 1. The number of rotatable bonds is 10. The van der Waals surface area contributed by atoms with E-state index in [0.717, 1.165) is 36.6 Å². The average molecular weight is 626 g/mol. The Labute approximate surface area is 260 Å². The van der Waals surface area contributed by atoms with Gasteiger partial charge in [0.15, 0.2) is 0 Å². The summed E-state index contributed by atoms with van der Waals surface area (Å²) in [6, 6.07) is 20.8. The summed E-state index contributed by atoms with van der Waals surface area (Å²) in [5, 5.41) is 17.9. The van der Waals surface area contributed by atoms with E-state index in [9.17, 15) is 27.9 Å². The van der Waals surface area contributed by atoms with Gasteiger partial charge in [-0.15, -0.1) is 11.8 Å². The van der Waals surface area contributed by atoms with Crippen molar-refractivity contribution in [3.8, 4) is 0 Å². The summed E-state index contributed by atoms with van der Waals surface area (Å²) in [6.07, 6.45) is -1.16. The van der Waals surface area contributed by atoms with E-state index in [1.165, 1.54) is 12.1 Å². The van der Waals surface area contributed by atoms with Crippen LogP contribution in [0.4, 0.5) is 13.2 Å². The van der Waals surface area contributed by atoms with Gasteiger partial charge in [0.2, 0.25) is 0 Å². The van der Waals surface area contributed by atoms with E-state index >= 15 is 0 Å². The molecule has 0 bridgehead atoms. The van der Waals surface area contributed by atoms with E-state index in [1.807, 2.05) is 30.3 Å². The van der Waals surface area contributed by atoms with Crippen LogP contribution in [-0.4, -0.2) is 58.7 Å². The first-order valence-electron chi connectivity index (χ1n) is 15.1. The van der Waals surface area contributed by atoms with E-state index < -0.39 is 35.3 Å². The lowest BCUT2D eigenvalue weighted by Gasteiger charge is -2.40. The normalized spacial score (nSPS) is 18.0. The Hall–Kier alpha value is -3.34. The summed E-state index contributed by atoms with van der Waals surface area (Å²) in [7, 11) is 0. The van der Waals surface area contributed by atoms with Gasteiger partial charge in [0.05, 0.1) is 23.6 Å². The zero-order valence-corrected chi connectivity index (χ0v) is 25.3. The summed E-state index contributed by atoms with van der Waals surface area (Å²) in [4.78, 5) is 28.2. The van der Waals surface area contributed by atoms with Gasteiger partial charge in [-0.3, -0.25) is 9.59 Å². The van der Waals surface area contributed by atoms with Crippen molar-refractivity contribution in [3.63, 3.8) is 0 Å². The molecule has 0 spiro atoms. The molecule has 1 saturated heterocycles. The maximum Gasteiger partial charge on any atom is 0.416 e. The average Bonchev–Trinajstić information content (AvgIpc) is 3.59. The highest BCUT2D eigenvalue weighted by Crippen LogP contribution is 2.39. The number of amides is 2. The van der Waals surface area contributed by atoms with Crippen molar-refractivity contribution in [2.24, 2.45) is 0 Å². The maximum absolute atomic E-state index is 13.6. The molecule has 2 amide bonds. The predicted molar refractivity (Wildman–Crippen MR) is 166 cm³/mol. The lowest BCUT2D eigenvalue weighted by atomic mass is 9.76. The summed E-state index contributed by atoms with van der Waals surface area (Å²) in [5.74, 6) is 0.965. The molecule has 234 valence electrons. The molecule has 0 aromatic heterocycles. The molecule has 1 heterocycles. The van der Waals surface area contributed by atoms with Gasteiger partial charge in [-0.2, -0.15) is 13.2 Å². The van der Waals surface area contributed by atoms with Crippen LogP contribution in [0.25, 0.3) is 0 Å². The van der Waals surface area contributed by atoms with Crippen LogP contribution in [0.3, 0.4) is 0 Å². The number of carbonyl (C=O) groups excluding carboxylic acids is 2. The second-order valence-electron chi connectivity index (χ2n) is 11.6. The van der Waals surface area contributed by atoms with Crippen molar-refractivity contribution >= 4 is 23.6 Å². The van der Waals surface area contributed by atoms with Crippen molar-refractivity contribution in [2.45, 2.75) is 62.4 Å². The number of aliphatic hydroxyl groups excluding tert-OH is 1. The smallest absolute Gasteiger partial charge is 0.390 e. The third kappa shape index (κ3) is 7.83. The van der Waals surface area contributed by atoms with Crippen LogP contribution in [0.15, 0.2) is 78.9 Å². The van der Waals surface area contributed by atoms with Crippen LogP contribution >= 0.6 is 11.8 Å². The molecule has 5 rings (SSSR count). The number of nitrogens with one attached hydrogen (secondary N) is 2. The summed E-state index contributed by atoms with van der Waals surface area (Å²) < 4.78 is 40.7. The topological polar surface area (TPSA) is 81.7 Å². The molecule has 3 N–H and O–H groups in total. The fourth-order valence-corrected chi connectivity index (χ4v) is 7.06. The number of carbonyl (C=O) groups is 2. The molecule has 0 radical (unpaired) electrons. The van der Waals surface area contributed by atoms with Gasteiger partial charge >= 0.3 is 6.18 Å². The largest absolute Gasteiger partial charge is 0.416 e. The Morgan fingerprint density at radius 1 is 0.932 bits per heavy atom. The zero-order chi connectivity index (χ0) is 31.2. The van der Waals surface area contributed by atoms with Gasteiger partial charge in [-0.05, 0) is 60.7 Å². The van der Waals surface area contributed by atoms with Gasteiger partial charge in [0.1, 0.15) is 0 Å². The Morgan fingerprint density at radius 2 is 1.66 bits per heavy atom. The third-order valence-corrected chi connectivity index (χ3v) is 9.56. The highest BCUT2D eigenvalue weighted by molar-refractivity contribution is 7.99. The van der Waals surface area contributed by atoms with Crippen molar-refractivity contribution in [3.05, 3.63) is 107 Å². The van der Waals surface area contributed by atoms with Gasteiger partial charge < -0.3 is 20.6 Å². The summed E-state index contributed by atoms with van der Waals surface area (Å²) in [6.45, 7) is 0.736. The molecule has 1 aliphatic carbocycles. The zero-order valence-electron chi connectivity index (χ0n) is 24.5. The van der Waals surface area contributed by atoms with E-state index in [2.05, 4.69) is 10.6 Å². The minimum Gasteiger partial charge on any atom is -0.390 e. The SMILES string of the molecule is O=C(N[C@@H](Cc1ccccc1)[C@H](O)CNC1(c2cccc(C(F)(F)F)c2)CCCCC1)c1cccc(C(=O)N2CCSC2)c1. The quantitative estimate of drug-likeness (QED) is 0.258. The number of alkyl halides is 3. The van der Waals surface area contributed by atoms with Gasteiger partial charge in [-0.1, -0.05) is 67.8 Å². The Morgan fingerprint density at radius 3 is 2.36 bits per heavy atom. The lowest BCUT2D eigenvalue weighted by molar-refractivity contribution is -0.137. The predicted octanol–water partition coefficient (Wildman–Crippen LogP) is 6.00. The number of hydrogen-bond acceptors (Lipinski definition) is 5. The molecule has 44 heavy (non-hydrogen) atoms. The number of halogens is 3. The van der Waals surface area contributed by atoms with Crippen molar-refractivity contribution in [1.82, 2.24) is 15.5 Å². The van der Waals surface area contributed by atoms with E-state index in [0.29, 0.717) is 48.4 Å². The van der Waals surface area contributed by atoms with Crippen molar-refractivity contribution in [1.29, 1.82) is 0 Å². The van der Waals surface area contributed by atoms with Crippen LogP contribution in [0.2, 0.25) is 0 Å². The second-order valence-corrected chi connectivity index (χ2v) is 12.7. The summed E-state index contributed by atoms with van der Waals surface area (Å²) in [5.41, 5.74) is 0.805. The molecule has 10 heteroatoms. The van der Waals surface area contributed by atoms with E-state index in [1.54, 1.807) is 47.0 Å². The monoisotopic (exact) mass is 625 g/mol. The standard InChI is InChI=1S/C34H38F3N3O3S/c35-34(36,37)28-14-8-13-27(21-28)33(15-5-2-6-16-33)38-22-30(41)29(19-24-9-3-1-4-10-24)39-31(42)25-11-7-12-26(20-25)32(43)40-17-18-44-23-40/h1,3-4,7-14,20-21,29-30,38,41H,2,5-6,15-19,22-23H2,(H,39,42)/t29-,30+/m0/s1. The van der Waals surface area contributed by atoms with Crippen LogP contribution in [0, 0.1) is 0 Å². The lowest BCUT2D eigenvalue weighted by Crippen LogP contribution is -2.53. The van der Waals surface area contributed by atoms with Gasteiger partial charge in [0, 0.05) is 35.5 Å². The minimum absolute atomic E-state index is 0.0686.